The number of nitrogens with one attached hydrogen (secondary N) is 1. The van der Waals surface area contributed by atoms with Gasteiger partial charge in [-0.1, -0.05) is 12.1 Å². The molecule has 3 heterocycles. The van der Waals surface area contributed by atoms with E-state index < -0.39 is 5.69 Å². The Kier molecular flexibility index (Phi) is 5.24. The minimum Gasteiger partial charge on any atom is -0.445 e. The average molecular weight is 396 g/mol. The van der Waals surface area contributed by atoms with Crippen LogP contribution in [0.4, 0.5) is 4.39 Å². The molecule has 0 saturated carbocycles. The fourth-order valence-corrected chi connectivity index (χ4v) is 3.61. The maximum atomic E-state index is 13.0. The first-order valence-corrected chi connectivity index (χ1v) is 9.54. The van der Waals surface area contributed by atoms with E-state index in [9.17, 15) is 14.0 Å². The summed E-state index contributed by atoms with van der Waals surface area (Å²) in [5, 5.41) is 0. The van der Waals surface area contributed by atoms with Crippen LogP contribution in [0.25, 0.3) is 0 Å². The maximum absolute atomic E-state index is 13.0. The van der Waals surface area contributed by atoms with Gasteiger partial charge >= 0.3 is 5.69 Å². The van der Waals surface area contributed by atoms with Gasteiger partial charge in [0.05, 0.1) is 12.1 Å². The fraction of sp³-hybridized carbons (Fsp3) is 0.333. The van der Waals surface area contributed by atoms with Gasteiger partial charge in [0.1, 0.15) is 17.3 Å². The molecule has 0 bridgehead atoms. The molecule has 1 fully saturated rings. The quantitative estimate of drug-likeness (QED) is 0.732. The number of rotatable bonds is 4. The van der Waals surface area contributed by atoms with E-state index in [0.717, 1.165) is 18.4 Å². The Balaban J connectivity index is 1.45. The molecular formula is C21H21FN4O3. The largest absolute Gasteiger partial charge is 0.445 e. The number of carbonyl (C=O) groups is 1. The second-order valence-electron chi connectivity index (χ2n) is 7.31. The molecule has 1 aliphatic heterocycles. The van der Waals surface area contributed by atoms with Gasteiger partial charge in [-0.3, -0.25) is 4.79 Å². The predicted octanol–water partition coefficient (Wildman–Crippen LogP) is 2.82. The molecule has 7 nitrogen and oxygen atoms in total. The number of hydrogen-bond donors (Lipinski definition) is 1. The van der Waals surface area contributed by atoms with Crippen LogP contribution in [0.15, 0.2) is 45.7 Å². The van der Waals surface area contributed by atoms with Crippen LogP contribution in [0.5, 0.6) is 0 Å². The molecule has 1 aromatic carbocycles. The van der Waals surface area contributed by atoms with Crippen molar-refractivity contribution in [3.8, 4) is 0 Å². The van der Waals surface area contributed by atoms with Crippen LogP contribution < -0.4 is 5.69 Å². The lowest BCUT2D eigenvalue weighted by atomic mass is 9.97. The summed E-state index contributed by atoms with van der Waals surface area (Å²) in [4.78, 5) is 36.8. The number of benzene rings is 1. The second-order valence-corrected chi connectivity index (χ2v) is 7.31. The number of aromatic amines is 1. The highest BCUT2D eigenvalue weighted by atomic mass is 19.1. The van der Waals surface area contributed by atoms with Crippen LogP contribution in [0.3, 0.4) is 0 Å². The summed E-state index contributed by atoms with van der Waals surface area (Å²) in [6.07, 6.45) is 3.89. The minimum atomic E-state index is -0.528. The molecule has 1 aliphatic rings. The number of oxazole rings is 1. The van der Waals surface area contributed by atoms with Crippen LogP contribution in [0.2, 0.25) is 0 Å². The molecule has 4 rings (SSSR count). The van der Waals surface area contributed by atoms with E-state index in [0.29, 0.717) is 36.9 Å². The van der Waals surface area contributed by atoms with E-state index in [-0.39, 0.29) is 23.3 Å². The van der Waals surface area contributed by atoms with Gasteiger partial charge < -0.3 is 14.3 Å². The van der Waals surface area contributed by atoms with Crippen LogP contribution in [0.1, 0.15) is 52.2 Å². The van der Waals surface area contributed by atoms with E-state index in [1.807, 2.05) is 0 Å². The molecule has 1 saturated heterocycles. The zero-order chi connectivity index (χ0) is 20.4. The van der Waals surface area contributed by atoms with Crippen molar-refractivity contribution < 1.29 is 13.6 Å². The number of hydrogen-bond acceptors (Lipinski definition) is 5. The number of likely N-dealkylation sites (tertiary alicyclic amines) is 1. The van der Waals surface area contributed by atoms with E-state index in [1.54, 1.807) is 36.2 Å². The molecular weight excluding hydrogens is 375 g/mol. The van der Waals surface area contributed by atoms with Gasteiger partial charge in [0.2, 0.25) is 0 Å². The molecule has 8 heteroatoms. The molecule has 0 spiro atoms. The standard InChI is InChI=1S/C21H21FN4O3/c1-13-9-18(25-21(28)24-13)20(27)26-8-2-3-15(12-26)19-23-11-17(29-19)10-14-4-6-16(22)7-5-14/h4-7,9,11,15H,2-3,8,10,12H2,1H3,(H,24,25,28)/t15-/m1/s1. The summed E-state index contributed by atoms with van der Waals surface area (Å²) in [5.41, 5.74) is 1.15. The molecule has 1 amide bonds. The Morgan fingerprint density at radius 3 is 2.90 bits per heavy atom. The Hall–Kier alpha value is -3.29. The maximum Gasteiger partial charge on any atom is 0.345 e. The van der Waals surface area contributed by atoms with Gasteiger partial charge in [-0.25, -0.2) is 14.2 Å². The van der Waals surface area contributed by atoms with Crippen molar-refractivity contribution >= 4 is 5.91 Å². The second kappa shape index (κ2) is 7.98. The highest BCUT2D eigenvalue weighted by Crippen LogP contribution is 2.28. The van der Waals surface area contributed by atoms with E-state index in [2.05, 4.69) is 15.0 Å². The SMILES string of the molecule is Cc1cc(C(=O)N2CCC[C@@H](c3ncc(Cc4ccc(F)cc4)o3)C2)nc(=O)[nH]1. The number of nitrogens with zero attached hydrogens (tertiary/aromatic N) is 3. The third-order valence-corrected chi connectivity index (χ3v) is 5.02. The number of aromatic nitrogens is 3. The Labute approximate surface area is 166 Å². The van der Waals surface area contributed by atoms with Crippen molar-refractivity contribution in [1.29, 1.82) is 0 Å². The first-order valence-electron chi connectivity index (χ1n) is 9.54. The van der Waals surface area contributed by atoms with Crippen molar-refractivity contribution in [2.45, 2.75) is 32.1 Å². The van der Waals surface area contributed by atoms with Crippen LogP contribution in [-0.4, -0.2) is 38.8 Å². The summed E-state index contributed by atoms with van der Waals surface area (Å²) < 4.78 is 19.0. The van der Waals surface area contributed by atoms with Gasteiger partial charge in [0, 0.05) is 25.2 Å². The summed E-state index contributed by atoms with van der Waals surface area (Å²) in [7, 11) is 0. The molecule has 0 radical (unpaired) electrons. The van der Waals surface area contributed by atoms with Crippen molar-refractivity contribution in [2.75, 3.05) is 13.1 Å². The van der Waals surface area contributed by atoms with Gasteiger partial charge in [0.25, 0.3) is 5.91 Å². The predicted molar refractivity (Wildman–Crippen MR) is 103 cm³/mol. The first-order chi connectivity index (χ1) is 14.0. The topological polar surface area (TPSA) is 92.1 Å². The van der Waals surface area contributed by atoms with E-state index >= 15 is 0 Å². The molecule has 150 valence electrons. The lowest BCUT2D eigenvalue weighted by Crippen LogP contribution is -2.40. The number of piperidine rings is 1. The molecule has 29 heavy (non-hydrogen) atoms. The monoisotopic (exact) mass is 396 g/mol. The fourth-order valence-electron chi connectivity index (χ4n) is 3.61. The molecule has 3 aromatic rings. The smallest absolute Gasteiger partial charge is 0.345 e. The normalized spacial score (nSPS) is 16.8. The highest BCUT2D eigenvalue weighted by Gasteiger charge is 2.29. The third-order valence-electron chi connectivity index (χ3n) is 5.02. The Morgan fingerprint density at radius 2 is 2.14 bits per heavy atom. The molecule has 1 N–H and O–H groups in total. The van der Waals surface area contributed by atoms with E-state index in [1.165, 1.54) is 12.1 Å². The molecule has 0 aliphatic carbocycles. The summed E-state index contributed by atoms with van der Waals surface area (Å²) >= 11 is 0. The summed E-state index contributed by atoms with van der Waals surface area (Å²) in [5.74, 6) is 0.736. The number of carbonyl (C=O) groups excluding carboxylic acids is 1. The van der Waals surface area contributed by atoms with Crippen LogP contribution in [-0.2, 0) is 6.42 Å². The number of amides is 1. The number of aryl methyl sites for hydroxylation is 1. The van der Waals surface area contributed by atoms with Crippen molar-refractivity contribution in [2.24, 2.45) is 0 Å². The average Bonchev–Trinajstić information content (AvgIpc) is 3.17. The van der Waals surface area contributed by atoms with Gasteiger partial charge in [-0.15, -0.1) is 0 Å². The lowest BCUT2D eigenvalue weighted by molar-refractivity contribution is 0.0691. The van der Waals surface area contributed by atoms with Gasteiger partial charge in [-0.2, -0.15) is 4.98 Å². The highest BCUT2D eigenvalue weighted by molar-refractivity contribution is 5.92. The zero-order valence-electron chi connectivity index (χ0n) is 16.0. The van der Waals surface area contributed by atoms with Gasteiger partial charge in [-0.05, 0) is 43.5 Å². The van der Waals surface area contributed by atoms with Gasteiger partial charge in [0.15, 0.2) is 5.89 Å². The number of H-pyrrole nitrogens is 1. The Bertz CT molecular complexity index is 1070. The van der Waals surface area contributed by atoms with Crippen LogP contribution in [0, 0.1) is 12.7 Å². The summed E-state index contributed by atoms with van der Waals surface area (Å²) in [6.45, 7) is 2.78. The zero-order valence-corrected chi connectivity index (χ0v) is 16.0. The third kappa shape index (κ3) is 4.42. The number of halogens is 1. The van der Waals surface area contributed by atoms with Crippen LogP contribution >= 0.6 is 0 Å². The molecule has 2 aromatic heterocycles. The molecule has 0 unspecified atom stereocenters. The van der Waals surface area contributed by atoms with Crippen molar-refractivity contribution in [3.63, 3.8) is 0 Å². The van der Waals surface area contributed by atoms with Crippen molar-refractivity contribution in [3.05, 3.63) is 81.4 Å². The minimum absolute atomic E-state index is 0.0160. The first kappa shape index (κ1) is 19.0. The van der Waals surface area contributed by atoms with E-state index in [4.69, 9.17) is 4.42 Å². The molecule has 1 atom stereocenters. The lowest BCUT2D eigenvalue weighted by Gasteiger charge is -2.31. The Morgan fingerprint density at radius 1 is 1.34 bits per heavy atom. The summed E-state index contributed by atoms with van der Waals surface area (Å²) in [6, 6.07) is 7.85. The van der Waals surface area contributed by atoms with Crippen molar-refractivity contribution in [1.82, 2.24) is 19.9 Å².